The third-order valence-electron chi connectivity index (χ3n) is 6.14. The van der Waals surface area contributed by atoms with E-state index in [9.17, 15) is 4.79 Å². The number of carbonyl (C=O) groups excluding carboxylic acids is 1. The summed E-state index contributed by atoms with van der Waals surface area (Å²) in [5.74, 6) is 0.194. The van der Waals surface area contributed by atoms with Gasteiger partial charge in [-0.05, 0) is 42.5 Å². The fourth-order valence-corrected chi connectivity index (χ4v) is 5.53. The molecule has 1 saturated carbocycles. The highest BCUT2D eigenvalue weighted by molar-refractivity contribution is 7.20. The summed E-state index contributed by atoms with van der Waals surface area (Å²) >= 11 is 1.61. The lowest BCUT2D eigenvalue weighted by atomic mass is 10.1. The Kier molecular flexibility index (Phi) is 3.35. The summed E-state index contributed by atoms with van der Waals surface area (Å²) in [5, 5.41) is 2.31. The second-order valence-corrected chi connectivity index (χ2v) is 8.90. The quantitative estimate of drug-likeness (QED) is 0.558. The molecule has 2 fully saturated rings. The smallest absolute Gasteiger partial charge is 0.264 e. The van der Waals surface area contributed by atoms with Gasteiger partial charge in [-0.3, -0.25) is 4.79 Å². The number of piperazine rings is 1. The molecule has 1 saturated heterocycles. The highest BCUT2D eigenvalue weighted by Crippen LogP contribution is 2.46. The lowest BCUT2D eigenvalue weighted by Gasteiger charge is -2.43. The van der Waals surface area contributed by atoms with Crippen LogP contribution in [0.5, 0.6) is 0 Å². The Balaban J connectivity index is 1.30. The molecule has 1 spiro atoms. The number of hydrogen-bond acceptors (Lipinski definition) is 4. The SMILES string of the molecule is O=C(c1cc2ccccc2s1)N1CCN(c2ccnc3[nH]ccc23)CC12CC2. The van der Waals surface area contributed by atoms with Crippen LogP contribution in [0.3, 0.4) is 0 Å². The second-order valence-electron chi connectivity index (χ2n) is 7.82. The molecule has 0 radical (unpaired) electrons. The number of anilines is 1. The van der Waals surface area contributed by atoms with Crippen LogP contribution in [0.4, 0.5) is 5.69 Å². The average Bonchev–Trinajstić information content (AvgIpc) is 3.16. The Bertz CT molecular complexity index is 1170. The number of nitrogens with one attached hydrogen (secondary N) is 1. The fraction of sp³-hybridized carbons (Fsp3) is 0.273. The molecule has 5 nitrogen and oxygen atoms in total. The monoisotopic (exact) mass is 388 g/mol. The number of fused-ring (bicyclic) bond motifs is 2. The van der Waals surface area contributed by atoms with Crippen molar-refractivity contribution in [2.24, 2.45) is 0 Å². The third kappa shape index (κ3) is 2.37. The molecule has 1 aliphatic heterocycles. The molecule has 4 aromatic rings. The molecule has 140 valence electrons. The molecule has 1 aliphatic carbocycles. The van der Waals surface area contributed by atoms with E-state index in [0.717, 1.165) is 53.8 Å². The number of carbonyl (C=O) groups is 1. The van der Waals surface area contributed by atoms with Gasteiger partial charge in [0.25, 0.3) is 5.91 Å². The van der Waals surface area contributed by atoms with Crippen molar-refractivity contribution in [3.8, 4) is 0 Å². The zero-order valence-electron chi connectivity index (χ0n) is 15.4. The minimum absolute atomic E-state index is 0.0165. The molecule has 4 heterocycles. The van der Waals surface area contributed by atoms with Crippen molar-refractivity contribution in [3.63, 3.8) is 0 Å². The first kappa shape index (κ1) is 16.1. The number of benzene rings is 1. The molecule has 1 aromatic carbocycles. The highest BCUT2D eigenvalue weighted by Gasteiger charge is 2.53. The zero-order valence-corrected chi connectivity index (χ0v) is 16.2. The lowest BCUT2D eigenvalue weighted by Crippen LogP contribution is -2.57. The van der Waals surface area contributed by atoms with E-state index in [4.69, 9.17) is 0 Å². The van der Waals surface area contributed by atoms with E-state index in [1.54, 1.807) is 11.3 Å². The van der Waals surface area contributed by atoms with Gasteiger partial charge < -0.3 is 14.8 Å². The Hall–Kier alpha value is -2.86. The number of H-pyrrole nitrogens is 1. The van der Waals surface area contributed by atoms with E-state index in [1.165, 1.54) is 10.4 Å². The molecule has 2 aliphatic rings. The van der Waals surface area contributed by atoms with E-state index in [0.29, 0.717) is 0 Å². The van der Waals surface area contributed by atoms with E-state index in [-0.39, 0.29) is 11.4 Å². The first-order valence-electron chi connectivity index (χ1n) is 9.71. The van der Waals surface area contributed by atoms with Gasteiger partial charge in [0.15, 0.2) is 0 Å². The van der Waals surface area contributed by atoms with Crippen LogP contribution in [0.15, 0.2) is 54.9 Å². The van der Waals surface area contributed by atoms with Crippen LogP contribution >= 0.6 is 11.3 Å². The molecule has 0 bridgehead atoms. The first-order chi connectivity index (χ1) is 13.7. The van der Waals surface area contributed by atoms with Crippen LogP contribution in [0.2, 0.25) is 0 Å². The number of hydrogen-bond donors (Lipinski definition) is 1. The van der Waals surface area contributed by atoms with Gasteiger partial charge in [0.05, 0.1) is 10.4 Å². The van der Waals surface area contributed by atoms with Gasteiger partial charge in [0.1, 0.15) is 5.65 Å². The molecular weight excluding hydrogens is 368 g/mol. The lowest BCUT2D eigenvalue weighted by molar-refractivity contribution is 0.0630. The molecule has 0 unspecified atom stereocenters. The zero-order chi connectivity index (χ0) is 18.7. The Labute approximate surface area is 166 Å². The molecule has 0 atom stereocenters. The summed E-state index contributed by atoms with van der Waals surface area (Å²) in [6, 6.07) is 14.5. The van der Waals surface area contributed by atoms with E-state index in [2.05, 4.69) is 50.1 Å². The summed E-state index contributed by atoms with van der Waals surface area (Å²) in [4.78, 5) is 26.4. The maximum absolute atomic E-state index is 13.3. The van der Waals surface area contributed by atoms with Crippen molar-refractivity contribution in [2.45, 2.75) is 18.4 Å². The standard InChI is InChI=1S/C22H20N4OS/c27-21(19-13-15-3-1-2-4-18(15)28-19)26-12-11-25(14-22(26)7-8-22)17-6-10-24-20-16(17)5-9-23-20/h1-6,9-10,13H,7-8,11-12,14H2,(H,23,24). The summed E-state index contributed by atoms with van der Waals surface area (Å²) < 4.78 is 1.18. The van der Waals surface area contributed by atoms with Crippen LogP contribution in [0.1, 0.15) is 22.5 Å². The predicted octanol–water partition coefficient (Wildman–Crippen LogP) is 4.27. The molecule has 1 amide bonds. The predicted molar refractivity (Wildman–Crippen MR) is 113 cm³/mol. The van der Waals surface area contributed by atoms with Gasteiger partial charge in [0, 0.05) is 47.8 Å². The van der Waals surface area contributed by atoms with Gasteiger partial charge in [0.2, 0.25) is 0 Å². The van der Waals surface area contributed by atoms with Gasteiger partial charge in [-0.15, -0.1) is 11.3 Å². The number of amides is 1. The number of aromatic nitrogens is 2. The van der Waals surface area contributed by atoms with E-state index < -0.39 is 0 Å². The minimum atomic E-state index is -0.0165. The Morgan fingerprint density at radius 3 is 2.89 bits per heavy atom. The molecular formula is C22H20N4OS. The average molecular weight is 388 g/mol. The Morgan fingerprint density at radius 1 is 1.14 bits per heavy atom. The fourth-order valence-electron chi connectivity index (χ4n) is 4.51. The topological polar surface area (TPSA) is 52.2 Å². The van der Waals surface area contributed by atoms with E-state index in [1.807, 2.05) is 24.5 Å². The van der Waals surface area contributed by atoms with Gasteiger partial charge >= 0.3 is 0 Å². The minimum Gasteiger partial charge on any atom is -0.367 e. The highest BCUT2D eigenvalue weighted by atomic mass is 32.1. The van der Waals surface area contributed by atoms with Crippen molar-refractivity contribution < 1.29 is 4.79 Å². The van der Waals surface area contributed by atoms with E-state index >= 15 is 0 Å². The first-order valence-corrected chi connectivity index (χ1v) is 10.5. The maximum atomic E-state index is 13.3. The molecule has 1 N–H and O–H groups in total. The number of rotatable bonds is 2. The van der Waals surface area contributed by atoms with Crippen molar-refractivity contribution in [3.05, 3.63) is 59.7 Å². The molecule has 3 aromatic heterocycles. The summed E-state index contributed by atoms with van der Waals surface area (Å²) in [5.41, 5.74) is 2.12. The van der Waals surface area contributed by atoms with Crippen molar-refractivity contribution >= 4 is 44.1 Å². The summed E-state index contributed by atoms with van der Waals surface area (Å²) in [6.45, 7) is 2.51. The van der Waals surface area contributed by atoms with Crippen molar-refractivity contribution in [1.82, 2.24) is 14.9 Å². The Morgan fingerprint density at radius 2 is 2.04 bits per heavy atom. The molecule has 6 rings (SSSR count). The number of thiophene rings is 1. The van der Waals surface area contributed by atoms with Crippen molar-refractivity contribution in [1.29, 1.82) is 0 Å². The van der Waals surface area contributed by atoms with Crippen LogP contribution in [0.25, 0.3) is 21.1 Å². The van der Waals surface area contributed by atoms with Gasteiger partial charge in [-0.2, -0.15) is 0 Å². The largest absolute Gasteiger partial charge is 0.367 e. The van der Waals surface area contributed by atoms with Crippen LogP contribution in [-0.4, -0.2) is 45.9 Å². The number of pyridine rings is 1. The van der Waals surface area contributed by atoms with Crippen LogP contribution in [0, 0.1) is 0 Å². The van der Waals surface area contributed by atoms with Crippen molar-refractivity contribution in [2.75, 3.05) is 24.5 Å². The van der Waals surface area contributed by atoms with Crippen LogP contribution < -0.4 is 4.90 Å². The number of nitrogens with zero attached hydrogens (tertiary/aromatic N) is 3. The number of aromatic amines is 1. The normalized spacial score (nSPS) is 18.3. The second kappa shape index (κ2) is 5.82. The third-order valence-corrected chi connectivity index (χ3v) is 7.24. The maximum Gasteiger partial charge on any atom is 0.264 e. The molecule has 6 heteroatoms. The van der Waals surface area contributed by atoms with Gasteiger partial charge in [-0.25, -0.2) is 4.98 Å². The summed E-state index contributed by atoms with van der Waals surface area (Å²) in [7, 11) is 0. The molecule has 28 heavy (non-hydrogen) atoms. The summed E-state index contributed by atoms with van der Waals surface area (Å²) in [6.07, 6.45) is 5.97. The van der Waals surface area contributed by atoms with Crippen LogP contribution in [-0.2, 0) is 0 Å². The van der Waals surface area contributed by atoms with Gasteiger partial charge in [-0.1, -0.05) is 18.2 Å².